The summed E-state index contributed by atoms with van der Waals surface area (Å²) in [6.07, 6.45) is 2.75. The standard InChI is InChI=1S/C29H32BN3O5/c1-28(2)29(3,4)38-30(37-28)19(13-18-14-25(34)26(31)32-15-18)16-33-27(35)36-17-24-22-11-7-5-9-20(22)21-10-6-8-12-23(21)24/h5-15,24,34H,16-17H2,1-4H3,(H2,31,32)(H,33,35). The molecule has 38 heavy (non-hydrogen) atoms. The third-order valence-electron chi connectivity index (χ3n) is 7.61. The van der Waals surface area contributed by atoms with Crippen molar-refractivity contribution in [2.24, 2.45) is 0 Å². The largest absolute Gasteiger partial charge is 0.504 e. The molecule has 9 heteroatoms. The van der Waals surface area contributed by atoms with Crippen LogP contribution in [0.4, 0.5) is 10.6 Å². The van der Waals surface area contributed by atoms with E-state index in [-0.39, 0.29) is 30.6 Å². The number of benzene rings is 2. The molecule has 0 saturated carbocycles. The Morgan fingerprint density at radius 2 is 1.66 bits per heavy atom. The van der Waals surface area contributed by atoms with Gasteiger partial charge in [0.25, 0.3) is 0 Å². The van der Waals surface area contributed by atoms with Gasteiger partial charge in [0.1, 0.15) is 6.61 Å². The summed E-state index contributed by atoms with van der Waals surface area (Å²) in [4.78, 5) is 16.8. The minimum atomic E-state index is -0.714. The van der Waals surface area contributed by atoms with Gasteiger partial charge < -0.3 is 30.2 Å². The Labute approximate surface area is 223 Å². The SMILES string of the molecule is CC1(C)OB(C(=Cc2cnc(N)c(O)c2)CNC(=O)OCC2c3ccccc3-c3ccccc32)OC1(C)C. The number of aromatic hydroxyl groups is 1. The summed E-state index contributed by atoms with van der Waals surface area (Å²) >= 11 is 0. The van der Waals surface area contributed by atoms with Gasteiger partial charge in [-0.1, -0.05) is 54.6 Å². The summed E-state index contributed by atoms with van der Waals surface area (Å²) < 4.78 is 18.1. The van der Waals surface area contributed by atoms with Crippen molar-refractivity contribution in [1.82, 2.24) is 10.3 Å². The Hall–Kier alpha value is -3.82. The predicted octanol–water partition coefficient (Wildman–Crippen LogP) is 4.92. The van der Waals surface area contributed by atoms with Crippen molar-refractivity contribution in [2.45, 2.75) is 44.8 Å². The Bertz CT molecular complexity index is 1340. The van der Waals surface area contributed by atoms with Crippen molar-refractivity contribution in [1.29, 1.82) is 0 Å². The number of nitrogens with zero attached hydrogens (tertiary/aromatic N) is 1. The summed E-state index contributed by atoms with van der Waals surface area (Å²) in [5.74, 6) is -0.123. The monoisotopic (exact) mass is 513 g/mol. The molecule has 1 saturated heterocycles. The molecule has 0 spiro atoms. The van der Waals surface area contributed by atoms with Gasteiger partial charge in [0, 0.05) is 18.7 Å². The summed E-state index contributed by atoms with van der Waals surface area (Å²) in [7, 11) is -0.714. The number of aromatic nitrogens is 1. The van der Waals surface area contributed by atoms with Gasteiger partial charge in [-0.15, -0.1) is 0 Å². The number of hydrogen-bond donors (Lipinski definition) is 3. The van der Waals surface area contributed by atoms with E-state index in [0.29, 0.717) is 11.0 Å². The number of rotatable bonds is 6. The number of hydrogen-bond acceptors (Lipinski definition) is 7. The number of carbonyl (C=O) groups is 1. The number of nitrogens with two attached hydrogens (primary N) is 1. The van der Waals surface area contributed by atoms with Gasteiger partial charge in [-0.25, -0.2) is 9.78 Å². The molecule has 5 rings (SSSR count). The zero-order valence-electron chi connectivity index (χ0n) is 22.0. The molecule has 196 valence electrons. The minimum absolute atomic E-state index is 0.0323. The zero-order chi connectivity index (χ0) is 27.1. The Balaban J connectivity index is 1.30. The van der Waals surface area contributed by atoms with Crippen molar-refractivity contribution in [3.8, 4) is 16.9 Å². The predicted molar refractivity (Wildman–Crippen MR) is 147 cm³/mol. The van der Waals surface area contributed by atoms with E-state index in [1.807, 2.05) is 52.0 Å². The van der Waals surface area contributed by atoms with E-state index in [0.717, 1.165) is 11.1 Å². The van der Waals surface area contributed by atoms with Crippen molar-refractivity contribution in [3.05, 3.63) is 83.0 Å². The molecule has 0 atom stereocenters. The molecule has 2 aliphatic rings. The van der Waals surface area contributed by atoms with Crippen LogP contribution in [0.1, 0.15) is 50.3 Å². The summed E-state index contributed by atoms with van der Waals surface area (Å²) in [6, 6.07) is 17.9. The number of nitrogen functional groups attached to an aromatic ring is 1. The van der Waals surface area contributed by atoms with Crippen molar-refractivity contribution >= 4 is 25.1 Å². The summed E-state index contributed by atoms with van der Waals surface area (Å²) in [6.45, 7) is 8.16. The molecule has 1 aliphatic heterocycles. The van der Waals surface area contributed by atoms with Crippen LogP contribution in [0.2, 0.25) is 0 Å². The maximum absolute atomic E-state index is 12.8. The number of carbonyl (C=O) groups excluding carboxylic acids is 1. The summed E-state index contributed by atoms with van der Waals surface area (Å²) in [5.41, 5.74) is 10.4. The fourth-order valence-corrected chi connectivity index (χ4v) is 4.79. The lowest BCUT2D eigenvalue weighted by Crippen LogP contribution is -2.41. The van der Waals surface area contributed by atoms with Crippen molar-refractivity contribution in [3.63, 3.8) is 0 Å². The van der Waals surface area contributed by atoms with E-state index in [9.17, 15) is 9.90 Å². The smallest absolute Gasteiger partial charge is 0.492 e. The van der Waals surface area contributed by atoms with Crippen LogP contribution < -0.4 is 11.1 Å². The molecular formula is C29H32BN3O5. The van der Waals surface area contributed by atoms with E-state index in [1.165, 1.54) is 23.4 Å². The first-order valence-electron chi connectivity index (χ1n) is 12.7. The highest BCUT2D eigenvalue weighted by Crippen LogP contribution is 2.44. The van der Waals surface area contributed by atoms with Crippen LogP contribution in [0.5, 0.6) is 5.75 Å². The molecule has 2 heterocycles. The number of alkyl carbamates (subject to hydrolysis) is 1. The van der Waals surface area contributed by atoms with E-state index in [4.69, 9.17) is 19.8 Å². The highest BCUT2D eigenvalue weighted by Gasteiger charge is 2.52. The molecule has 1 aromatic heterocycles. The lowest BCUT2D eigenvalue weighted by Gasteiger charge is -2.32. The molecule has 1 fully saturated rings. The zero-order valence-corrected chi connectivity index (χ0v) is 22.0. The molecule has 1 amide bonds. The molecule has 4 N–H and O–H groups in total. The quantitative estimate of drug-likeness (QED) is 0.401. The van der Waals surface area contributed by atoms with Gasteiger partial charge in [-0.3, -0.25) is 0 Å². The van der Waals surface area contributed by atoms with Gasteiger partial charge in [0.05, 0.1) is 11.2 Å². The van der Waals surface area contributed by atoms with Crippen LogP contribution in [0, 0.1) is 0 Å². The highest BCUT2D eigenvalue weighted by atomic mass is 16.7. The Kier molecular flexibility index (Phi) is 6.67. The lowest BCUT2D eigenvalue weighted by molar-refractivity contribution is 0.00578. The highest BCUT2D eigenvalue weighted by molar-refractivity contribution is 6.56. The molecule has 2 aromatic carbocycles. The van der Waals surface area contributed by atoms with E-state index >= 15 is 0 Å². The van der Waals surface area contributed by atoms with Crippen molar-refractivity contribution in [2.75, 3.05) is 18.9 Å². The molecule has 3 aromatic rings. The molecule has 0 unspecified atom stereocenters. The second kappa shape index (κ2) is 9.81. The number of ether oxygens (including phenoxy) is 1. The van der Waals surface area contributed by atoms with Crippen LogP contribution in [-0.2, 0) is 14.0 Å². The first kappa shape index (κ1) is 25.8. The van der Waals surface area contributed by atoms with Crippen LogP contribution in [-0.4, -0.2) is 47.7 Å². The first-order valence-corrected chi connectivity index (χ1v) is 12.7. The Morgan fingerprint density at radius 3 is 2.24 bits per heavy atom. The molecule has 0 bridgehead atoms. The van der Waals surface area contributed by atoms with Gasteiger partial charge >= 0.3 is 13.2 Å². The maximum atomic E-state index is 12.8. The maximum Gasteiger partial charge on any atom is 0.492 e. The first-order chi connectivity index (χ1) is 18.1. The molecular weight excluding hydrogens is 481 g/mol. The lowest BCUT2D eigenvalue weighted by atomic mass is 9.77. The van der Waals surface area contributed by atoms with Crippen LogP contribution >= 0.6 is 0 Å². The second-order valence-electron chi connectivity index (χ2n) is 10.7. The van der Waals surface area contributed by atoms with Crippen LogP contribution in [0.3, 0.4) is 0 Å². The number of fused-ring (bicyclic) bond motifs is 3. The minimum Gasteiger partial charge on any atom is -0.504 e. The Morgan fingerprint density at radius 1 is 1.08 bits per heavy atom. The fourth-order valence-electron chi connectivity index (χ4n) is 4.79. The van der Waals surface area contributed by atoms with Gasteiger partial charge in [-0.2, -0.15) is 0 Å². The van der Waals surface area contributed by atoms with E-state index in [1.54, 1.807) is 6.08 Å². The summed E-state index contributed by atoms with van der Waals surface area (Å²) in [5, 5.41) is 12.8. The molecule has 8 nitrogen and oxygen atoms in total. The van der Waals surface area contributed by atoms with Crippen LogP contribution in [0.15, 0.2) is 66.3 Å². The number of amides is 1. The van der Waals surface area contributed by atoms with Crippen LogP contribution in [0.25, 0.3) is 17.2 Å². The topological polar surface area (TPSA) is 116 Å². The normalized spacial score (nSPS) is 17.7. The number of anilines is 1. The number of nitrogens with one attached hydrogen (secondary N) is 1. The number of pyridine rings is 1. The molecule has 1 aliphatic carbocycles. The average molecular weight is 513 g/mol. The fraction of sp³-hybridized carbons (Fsp3) is 0.310. The third-order valence-corrected chi connectivity index (χ3v) is 7.61. The molecule has 0 radical (unpaired) electrons. The van der Waals surface area contributed by atoms with E-state index < -0.39 is 24.4 Å². The van der Waals surface area contributed by atoms with E-state index in [2.05, 4.69) is 34.6 Å². The second-order valence-corrected chi connectivity index (χ2v) is 10.7. The van der Waals surface area contributed by atoms with Gasteiger partial charge in [-0.05, 0) is 67.1 Å². The third kappa shape index (κ3) is 4.87. The van der Waals surface area contributed by atoms with Gasteiger partial charge in [0.2, 0.25) is 0 Å². The van der Waals surface area contributed by atoms with Crippen molar-refractivity contribution < 1.29 is 23.9 Å². The van der Waals surface area contributed by atoms with Gasteiger partial charge in [0.15, 0.2) is 11.6 Å². The average Bonchev–Trinajstić information content (AvgIpc) is 3.31.